The molecular weight excluding hydrogens is 224 g/mol. The van der Waals surface area contributed by atoms with E-state index in [4.69, 9.17) is 11.3 Å². The summed E-state index contributed by atoms with van der Waals surface area (Å²) in [4.78, 5) is 21.6. The second kappa shape index (κ2) is 6.09. The van der Waals surface area contributed by atoms with Crippen molar-refractivity contribution in [2.45, 2.75) is 0 Å². The van der Waals surface area contributed by atoms with Crippen LogP contribution < -0.4 is 5.73 Å². The van der Waals surface area contributed by atoms with E-state index >= 15 is 0 Å². The number of nitrogens with two attached hydrogens (primary N) is 1. The Morgan fingerprint density at radius 3 is 3.18 bits per heavy atom. The third-order valence-corrected chi connectivity index (χ3v) is 1.74. The summed E-state index contributed by atoms with van der Waals surface area (Å²) in [7, 11) is 1.23. The quantitative estimate of drug-likeness (QED) is 0.362. The molecule has 17 heavy (non-hydrogen) atoms. The minimum atomic E-state index is -0.653. The number of esters is 1. The summed E-state index contributed by atoms with van der Waals surface area (Å²) in [5.41, 5.74) is 13.9. The third-order valence-electron chi connectivity index (χ3n) is 1.74. The van der Waals surface area contributed by atoms with Crippen molar-refractivity contribution in [3.8, 4) is 0 Å². The van der Waals surface area contributed by atoms with Gasteiger partial charge in [-0.05, 0) is 11.6 Å². The average molecular weight is 234 g/mol. The number of methoxy groups -OCH3 is 1. The lowest BCUT2D eigenvalue weighted by atomic mass is 10.3. The van der Waals surface area contributed by atoms with Gasteiger partial charge in [0, 0.05) is 11.5 Å². The van der Waals surface area contributed by atoms with Crippen molar-refractivity contribution in [3.05, 3.63) is 34.1 Å². The van der Waals surface area contributed by atoms with Crippen LogP contribution in [0.3, 0.4) is 0 Å². The molecule has 2 N–H and O–H groups in total. The van der Waals surface area contributed by atoms with Crippen LogP contribution in [0.15, 0.2) is 17.4 Å². The summed E-state index contributed by atoms with van der Waals surface area (Å²) in [5.74, 6) is -0.649. The normalized spacial score (nSPS) is 9.94. The number of carbonyl (C=O) groups excluding carboxylic acids is 1. The Labute approximate surface area is 96.8 Å². The lowest BCUT2D eigenvalue weighted by molar-refractivity contribution is 0.0595. The Morgan fingerprint density at radius 2 is 2.53 bits per heavy atom. The van der Waals surface area contributed by atoms with Gasteiger partial charge in [-0.3, -0.25) is 0 Å². The predicted octanol–water partition coefficient (Wildman–Crippen LogP) is 1.17. The molecule has 0 radical (unpaired) electrons. The highest BCUT2D eigenvalue weighted by atomic mass is 16.5. The highest BCUT2D eigenvalue weighted by Gasteiger charge is 2.12. The van der Waals surface area contributed by atoms with Crippen LogP contribution in [-0.4, -0.2) is 29.6 Å². The van der Waals surface area contributed by atoms with Crippen molar-refractivity contribution in [1.29, 1.82) is 0 Å². The molecule has 88 valence electrons. The molecule has 0 saturated heterocycles. The van der Waals surface area contributed by atoms with Gasteiger partial charge in [-0.1, -0.05) is 11.2 Å². The summed E-state index contributed by atoms with van der Waals surface area (Å²) in [6.07, 6.45) is 4.54. The zero-order chi connectivity index (χ0) is 12.7. The maximum absolute atomic E-state index is 11.3. The van der Waals surface area contributed by atoms with Crippen LogP contribution in [0.4, 0.5) is 5.82 Å². The first-order valence-electron chi connectivity index (χ1n) is 4.57. The van der Waals surface area contributed by atoms with E-state index < -0.39 is 5.97 Å². The van der Waals surface area contributed by atoms with E-state index in [9.17, 15) is 4.79 Å². The number of aromatic nitrogens is 2. The van der Waals surface area contributed by atoms with Crippen molar-refractivity contribution in [2.75, 3.05) is 19.4 Å². The number of ether oxygens (including phenoxy) is 1. The molecule has 0 spiro atoms. The summed E-state index contributed by atoms with van der Waals surface area (Å²) < 4.78 is 4.50. The van der Waals surface area contributed by atoms with Crippen LogP contribution in [0.2, 0.25) is 0 Å². The molecular formula is C9H10N6O2. The maximum atomic E-state index is 11.3. The van der Waals surface area contributed by atoms with Gasteiger partial charge in [0.15, 0.2) is 11.5 Å². The Kier molecular flexibility index (Phi) is 4.46. The minimum Gasteiger partial charge on any atom is -0.464 e. The number of azide groups is 1. The van der Waals surface area contributed by atoms with Gasteiger partial charge < -0.3 is 10.5 Å². The Balaban J connectivity index is 2.92. The highest BCUT2D eigenvalue weighted by Crippen LogP contribution is 2.08. The van der Waals surface area contributed by atoms with Gasteiger partial charge in [0.1, 0.15) is 0 Å². The Hall–Kier alpha value is -2.60. The van der Waals surface area contributed by atoms with Gasteiger partial charge in [-0.2, -0.15) is 0 Å². The molecule has 0 aliphatic heterocycles. The molecule has 0 atom stereocenters. The van der Waals surface area contributed by atoms with E-state index in [1.165, 1.54) is 13.3 Å². The van der Waals surface area contributed by atoms with Gasteiger partial charge >= 0.3 is 5.97 Å². The SMILES string of the molecule is COC(=O)c1nc(C=CCN=[N+]=[N-])cnc1N. The maximum Gasteiger partial charge on any atom is 0.360 e. The lowest BCUT2D eigenvalue weighted by Crippen LogP contribution is -2.10. The number of hydrogen-bond donors (Lipinski definition) is 1. The molecule has 1 rings (SSSR count). The number of anilines is 1. The van der Waals surface area contributed by atoms with E-state index in [0.29, 0.717) is 5.69 Å². The van der Waals surface area contributed by atoms with E-state index in [-0.39, 0.29) is 18.1 Å². The number of nitrogens with zero attached hydrogens (tertiary/aromatic N) is 5. The first-order chi connectivity index (χ1) is 8.19. The summed E-state index contributed by atoms with van der Waals surface area (Å²) in [6, 6.07) is 0. The van der Waals surface area contributed by atoms with Crippen molar-refractivity contribution in [1.82, 2.24) is 9.97 Å². The van der Waals surface area contributed by atoms with Crippen molar-refractivity contribution in [2.24, 2.45) is 5.11 Å². The fraction of sp³-hybridized carbons (Fsp3) is 0.222. The van der Waals surface area contributed by atoms with Crippen LogP contribution in [0.5, 0.6) is 0 Å². The van der Waals surface area contributed by atoms with E-state index in [0.717, 1.165) is 0 Å². The van der Waals surface area contributed by atoms with Gasteiger partial charge in [0.25, 0.3) is 0 Å². The second-order valence-electron chi connectivity index (χ2n) is 2.84. The van der Waals surface area contributed by atoms with Crippen LogP contribution in [0.1, 0.15) is 16.2 Å². The molecule has 0 fully saturated rings. The summed E-state index contributed by atoms with van der Waals surface area (Å²) in [6.45, 7) is 0.191. The first-order valence-corrected chi connectivity index (χ1v) is 4.57. The molecule has 1 heterocycles. The smallest absolute Gasteiger partial charge is 0.360 e. The van der Waals surface area contributed by atoms with Gasteiger partial charge in [-0.25, -0.2) is 14.8 Å². The van der Waals surface area contributed by atoms with Crippen LogP contribution >= 0.6 is 0 Å². The van der Waals surface area contributed by atoms with Crippen molar-refractivity contribution in [3.63, 3.8) is 0 Å². The molecule has 0 aliphatic rings. The molecule has 8 heteroatoms. The van der Waals surface area contributed by atoms with E-state index in [1.54, 1.807) is 12.2 Å². The fourth-order valence-electron chi connectivity index (χ4n) is 0.996. The predicted molar refractivity (Wildman–Crippen MR) is 60.8 cm³/mol. The number of hydrogen-bond acceptors (Lipinski definition) is 6. The average Bonchev–Trinajstić information content (AvgIpc) is 2.35. The topological polar surface area (TPSA) is 127 Å². The zero-order valence-corrected chi connectivity index (χ0v) is 9.07. The van der Waals surface area contributed by atoms with Crippen molar-refractivity contribution < 1.29 is 9.53 Å². The highest BCUT2D eigenvalue weighted by molar-refractivity contribution is 5.91. The molecule has 0 bridgehead atoms. The fourth-order valence-corrected chi connectivity index (χ4v) is 0.996. The van der Waals surface area contributed by atoms with Crippen LogP contribution in [0.25, 0.3) is 16.5 Å². The van der Waals surface area contributed by atoms with Crippen LogP contribution in [-0.2, 0) is 4.74 Å². The van der Waals surface area contributed by atoms with Gasteiger partial charge in [0.05, 0.1) is 19.0 Å². The standard InChI is InChI=1S/C9H10N6O2/c1-17-9(16)7-8(10)12-5-6(14-7)3-2-4-13-15-11/h2-3,5H,4H2,1H3,(H2,10,12). The molecule has 0 aromatic carbocycles. The van der Waals surface area contributed by atoms with E-state index in [2.05, 4.69) is 24.7 Å². The Morgan fingerprint density at radius 1 is 1.76 bits per heavy atom. The molecule has 1 aromatic rings. The van der Waals surface area contributed by atoms with E-state index in [1.807, 2.05) is 0 Å². The third kappa shape index (κ3) is 3.47. The zero-order valence-electron chi connectivity index (χ0n) is 9.07. The Bertz CT molecular complexity index is 492. The number of nitrogen functional groups attached to an aromatic ring is 1. The number of carbonyl (C=O) groups is 1. The largest absolute Gasteiger partial charge is 0.464 e. The van der Waals surface area contributed by atoms with Gasteiger partial charge in [0.2, 0.25) is 0 Å². The molecule has 0 unspecified atom stereocenters. The number of rotatable bonds is 4. The summed E-state index contributed by atoms with van der Waals surface area (Å²) in [5, 5.41) is 3.31. The molecule has 1 aromatic heterocycles. The second-order valence-corrected chi connectivity index (χ2v) is 2.84. The monoisotopic (exact) mass is 234 g/mol. The van der Waals surface area contributed by atoms with Crippen LogP contribution in [0, 0.1) is 0 Å². The first kappa shape index (κ1) is 12.5. The lowest BCUT2D eigenvalue weighted by Gasteiger charge is -2.02. The molecule has 0 amide bonds. The minimum absolute atomic E-state index is 0.00375. The molecule has 0 aliphatic carbocycles. The van der Waals surface area contributed by atoms with Crippen molar-refractivity contribution >= 4 is 17.9 Å². The van der Waals surface area contributed by atoms with Gasteiger partial charge in [-0.15, -0.1) is 0 Å². The molecule has 0 saturated carbocycles. The summed E-state index contributed by atoms with van der Waals surface area (Å²) >= 11 is 0. The molecule has 8 nitrogen and oxygen atoms in total.